The van der Waals surface area contributed by atoms with E-state index in [2.05, 4.69) is 20.4 Å². The van der Waals surface area contributed by atoms with Crippen molar-refractivity contribution >= 4 is 11.9 Å². The van der Waals surface area contributed by atoms with E-state index in [0.717, 1.165) is 0 Å². The molecule has 7 heteroatoms. The highest BCUT2D eigenvalue weighted by Gasteiger charge is 2.14. The zero-order valence-electron chi connectivity index (χ0n) is 11.0. The third-order valence-electron chi connectivity index (χ3n) is 2.02. The Morgan fingerprint density at radius 3 is 2.44 bits per heavy atom. The van der Waals surface area contributed by atoms with Crippen LogP contribution in [0.2, 0.25) is 0 Å². The molecule has 0 spiro atoms. The summed E-state index contributed by atoms with van der Waals surface area (Å²) in [6, 6.07) is -0.0784. The average molecular weight is 254 g/mol. The van der Waals surface area contributed by atoms with Crippen molar-refractivity contribution in [2.45, 2.75) is 19.9 Å². The van der Waals surface area contributed by atoms with E-state index in [9.17, 15) is 0 Å². The predicted molar refractivity (Wildman–Crippen MR) is 68.3 cm³/mol. The molecule has 1 unspecified atom stereocenters. The van der Waals surface area contributed by atoms with Gasteiger partial charge in [0.15, 0.2) is 5.69 Å². The van der Waals surface area contributed by atoms with E-state index >= 15 is 0 Å². The van der Waals surface area contributed by atoms with E-state index in [0.29, 0.717) is 24.1 Å². The summed E-state index contributed by atoms with van der Waals surface area (Å²) in [6.07, 6.45) is 3.01. The molecule has 0 aliphatic heterocycles. The SMILES string of the molecule is CCO/N=C\C(C)Nc1c(OC)ncnc1OC. The van der Waals surface area contributed by atoms with Gasteiger partial charge in [0.1, 0.15) is 12.9 Å². The largest absolute Gasteiger partial charge is 0.479 e. The second-order valence-electron chi connectivity index (χ2n) is 3.37. The van der Waals surface area contributed by atoms with Crippen LogP contribution < -0.4 is 14.8 Å². The maximum atomic E-state index is 5.14. The van der Waals surface area contributed by atoms with Crippen molar-refractivity contribution in [1.82, 2.24) is 9.97 Å². The van der Waals surface area contributed by atoms with Crippen molar-refractivity contribution < 1.29 is 14.3 Å². The quantitative estimate of drug-likeness (QED) is 0.584. The summed E-state index contributed by atoms with van der Waals surface area (Å²) in [5, 5.41) is 6.92. The van der Waals surface area contributed by atoms with Crippen LogP contribution in [0.25, 0.3) is 0 Å². The standard InChI is InChI=1S/C11H18N4O3/c1-5-18-14-6-8(2)15-9-10(16-3)12-7-13-11(9)17-4/h6-8,15H,5H2,1-4H3/b14-6-. The minimum absolute atomic E-state index is 0.0784. The maximum absolute atomic E-state index is 5.14. The molecule has 0 saturated carbocycles. The van der Waals surface area contributed by atoms with Crippen LogP contribution in [0.15, 0.2) is 11.5 Å². The van der Waals surface area contributed by atoms with Crippen LogP contribution in [0.3, 0.4) is 0 Å². The fourth-order valence-electron chi connectivity index (χ4n) is 1.26. The number of hydrogen-bond donors (Lipinski definition) is 1. The van der Waals surface area contributed by atoms with E-state index in [1.165, 1.54) is 20.5 Å². The first kappa shape index (κ1) is 14.0. The first-order valence-corrected chi connectivity index (χ1v) is 5.57. The summed E-state index contributed by atoms with van der Waals surface area (Å²) >= 11 is 0. The van der Waals surface area contributed by atoms with Crippen LogP contribution in [0.1, 0.15) is 13.8 Å². The zero-order valence-corrected chi connectivity index (χ0v) is 11.0. The van der Waals surface area contributed by atoms with Crippen molar-refractivity contribution in [3.63, 3.8) is 0 Å². The van der Waals surface area contributed by atoms with Crippen molar-refractivity contribution in [3.05, 3.63) is 6.33 Å². The molecular formula is C11H18N4O3. The lowest BCUT2D eigenvalue weighted by Crippen LogP contribution is -2.18. The molecule has 0 saturated heterocycles. The Morgan fingerprint density at radius 2 is 1.94 bits per heavy atom. The Kier molecular flexibility index (Phi) is 5.69. The Morgan fingerprint density at radius 1 is 1.33 bits per heavy atom. The van der Waals surface area contributed by atoms with E-state index < -0.39 is 0 Å². The number of nitrogens with one attached hydrogen (secondary N) is 1. The summed E-state index contributed by atoms with van der Waals surface area (Å²) in [5.74, 6) is 0.831. The number of ether oxygens (including phenoxy) is 2. The third-order valence-corrected chi connectivity index (χ3v) is 2.02. The molecule has 0 radical (unpaired) electrons. The molecule has 0 fully saturated rings. The number of rotatable bonds is 7. The molecule has 1 atom stereocenters. The van der Waals surface area contributed by atoms with Crippen LogP contribution in [0, 0.1) is 0 Å². The van der Waals surface area contributed by atoms with Gasteiger partial charge in [-0.25, -0.2) is 0 Å². The lowest BCUT2D eigenvalue weighted by molar-refractivity contribution is 0.159. The molecule has 18 heavy (non-hydrogen) atoms. The van der Waals surface area contributed by atoms with Gasteiger partial charge in [0.2, 0.25) is 11.8 Å². The maximum Gasteiger partial charge on any atom is 0.244 e. The van der Waals surface area contributed by atoms with Crippen LogP contribution in [0.5, 0.6) is 11.8 Å². The minimum Gasteiger partial charge on any atom is -0.479 e. The first-order chi connectivity index (χ1) is 8.72. The van der Waals surface area contributed by atoms with Gasteiger partial charge in [-0.05, 0) is 13.8 Å². The third kappa shape index (κ3) is 3.76. The zero-order chi connectivity index (χ0) is 13.4. The molecule has 0 bridgehead atoms. The Labute approximate surface area is 106 Å². The van der Waals surface area contributed by atoms with E-state index in [1.54, 1.807) is 6.21 Å². The molecule has 0 aliphatic carbocycles. The van der Waals surface area contributed by atoms with Gasteiger partial charge >= 0.3 is 0 Å². The van der Waals surface area contributed by atoms with Gasteiger partial charge < -0.3 is 19.6 Å². The van der Waals surface area contributed by atoms with Crippen LogP contribution in [0.4, 0.5) is 5.69 Å². The van der Waals surface area contributed by atoms with Gasteiger partial charge in [0.05, 0.1) is 26.5 Å². The summed E-state index contributed by atoms with van der Waals surface area (Å²) < 4.78 is 10.3. The summed E-state index contributed by atoms with van der Waals surface area (Å²) in [4.78, 5) is 12.9. The topological polar surface area (TPSA) is 77.9 Å². The molecule has 1 aromatic rings. The van der Waals surface area contributed by atoms with Gasteiger partial charge in [0.25, 0.3) is 0 Å². The van der Waals surface area contributed by atoms with Crippen LogP contribution in [-0.2, 0) is 4.84 Å². The fourth-order valence-corrected chi connectivity index (χ4v) is 1.26. The highest BCUT2D eigenvalue weighted by atomic mass is 16.6. The molecule has 1 heterocycles. The Balaban J connectivity index is 2.81. The lowest BCUT2D eigenvalue weighted by atomic mass is 10.3. The molecule has 1 aromatic heterocycles. The van der Waals surface area contributed by atoms with E-state index in [-0.39, 0.29) is 6.04 Å². The van der Waals surface area contributed by atoms with Gasteiger partial charge in [-0.2, -0.15) is 9.97 Å². The number of methoxy groups -OCH3 is 2. The number of anilines is 1. The van der Waals surface area contributed by atoms with Crippen molar-refractivity contribution in [3.8, 4) is 11.8 Å². The lowest BCUT2D eigenvalue weighted by Gasteiger charge is -2.15. The summed E-state index contributed by atoms with van der Waals surface area (Å²) in [7, 11) is 3.07. The smallest absolute Gasteiger partial charge is 0.244 e. The molecule has 1 N–H and O–H groups in total. The Bertz CT molecular complexity index is 376. The molecule has 0 aliphatic rings. The molecular weight excluding hydrogens is 236 g/mol. The Hall–Kier alpha value is -2.05. The fraction of sp³-hybridized carbons (Fsp3) is 0.545. The number of oxime groups is 1. The summed E-state index contributed by atoms with van der Waals surface area (Å²) in [6.45, 7) is 4.31. The van der Waals surface area contributed by atoms with Gasteiger partial charge in [-0.15, -0.1) is 0 Å². The normalized spacial score (nSPS) is 12.2. The van der Waals surface area contributed by atoms with Crippen molar-refractivity contribution in [2.75, 3.05) is 26.1 Å². The second kappa shape index (κ2) is 7.31. The summed E-state index contributed by atoms with van der Waals surface area (Å²) in [5.41, 5.74) is 0.581. The number of hydrogen-bond acceptors (Lipinski definition) is 7. The molecule has 7 nitrogen and oxygen atoms in total. The molecule has 0 amide bonds. The van der Waals surface area contributed by atoms with Crippen LogP contribution in [-0.4, -0.2) is 43.1 Å². The van der Waals surface area contributed by atoms with Crippen molar-refractivity contribution in [2.24, 2.45) is 5.16 Å². The molecule has 0 aromatic carbocycles. The van der Waals surface area contributed by atoms with Gasteiger partial charge in [0, 0.05) is 0 Å². The van der Waals surface area contributed by atoms with Crippen LogP contribution >= 0.6 is 0 Å². The van der Waals surface area contributed by atoms with Gasteiger partial charge in [-0.1, -0.05) is 5.16 Å². The first-order valence-electron chi connectivity index (χ1n) is 5.57. The van der Waals surface area contributed by atoms with E-state index in [1.807, 2.05) is 13.8 Å². The van der Waals surface area contributed by atoms with Crippen molar-refractivity contribution in [1.29, 1.82) is 0 Å². The highest BCUT2D eigenvalue weighted by molar-refractivity contribution is 5.71. The monoisotopic (exact) mass is 254 g/mol. The van der Waals surface area contributed by atoms with Gasteiger partial charge in [-0.3, -0.25) is 0 Å². The second-order valence-corrected chi connectivity index (χ2v) is 3.37. The number of nitrogens with zero attached hydrogens (tertiary/aromatic N) is 3. The number of aromatic nitrogens is 2. The minimum atomic E-state index is -0.0784. The average Bonchev–Trinajstić information content (AvgIpc) is 2.39. The van der Waals surface area contributed by atoms with E-state index in [4.69, 9.17) is 14.3 Å². The molecule has 100 valence electrons. The predicted octanol–water partition coefficient (Wildman–Crippen LogP) is 1.32. The highest BCUT2D eigenvalue weighted by Crippen LogP contribution is 2.30. The molecule has 1 rings (SSSR count).